The smallest absolute Gasteiger partial charge is 0.164 e. The molecule has 8 aromatic rings. The van der Waals surface area contributed by atoms with Crippen LogP contribution in [0.3, 0.4) is 0 Å². The predicted molar refractivity (Wildman–Crippen MR) is 185 cm³/mol. The molecule has 0 saturated heterocycles. The van der Waals surface area contributed by atoms with Crippen molar-refractivity contribution in [3.8, 4) is 62.5 Å². The minimum absolute atomic E-state index is 0.648. The minimum Gasteiger partial charge on any atom is -0.208 e. The highest BCUT2D eigenvalue weighted by atomic mass is 32.1. The van der Waals surface area contributed by atoms with Gasteiger partial charge in [-0.05, 0) is 70.8 Å². The van der Waals surface area contributed by atoms with E-state index in [1.165, 1.54) is 20.2 Å². The van der Waals surface area contributed by atoms with Crippen LogP contribution in [0, 0.1) is 11.3 Å². The zero-order chi connectivity index (χ0) is 30.2. The molecule has 0 bridgehead atoms. The standard InChI is InChI=1S/C40H24N4S/c41-25-26-14-16-27(17-15-26)30-12-7-13-31(22-30)32-18-20-36-34(23-32)35-24-33(19-21-37(35)45-36)40-43-38(28-8-3-1-4-9-28)42-39(44-40)29-10-5-2-6-11-29/h1-24H. The van der Waals surface area contributed by atoms with Gasteiger partial charge in [0.25, 0.3) is 0 Å². The second-order valence-corrected chi connectivity index (χ2v) is 11.9. The summed E-state index contributed by atoms with van der Waals surface area (Å²) in [6.45, 7) is 0. The van der Waals surface area contributed by atoms with Crippen LogP contribution in [-0.4, -0.2) is 15.0 Å². The average Bonchev–Trinajstić information content (AvgIpc) is 3.49. The van der Waals surface area contributed by atoms with E-state index >= 15 is 0 Å². The van der Waals surface area contributed by atoms with E-state index in [0.717, 1.165) is 38.9 Å². The van der Waals surface area contributed by atoms with Crippen molar-refractivity contribution in [2.45, 2.75) is 0 Å². The summed E-state index contributed by atoms with van der Waals surface area (Å²) < 4.78 is 2.46. The summed E-state index contributed by atoms with van der Waals surface area (Å²) >= 11 is 1.79. The highest BCUT2D eigenvalue weighted by Gasteiger charge is 2.14. The van der Waals surface area contributed by atoms with Gasteiger partial charge in [0.1, 0.15) is 0 Å². The lowest BCUT2D eigenvalue weighted by Crippen LogP contribution is -2.00. The zero-order valence-corrected chi connectivity index (χ0v) is 24.9. The van der Waals surface area contributed by atoms with Crippen LogP contribution in [0.2, 0.25) is 0 Å². The molecule has 0 N–H and O–H groups in total. The summed E-state index contributed by atoms with van der Waals surface area (Å²) in [4.78, 5) is 14.7. The lowest BCUT2D eigenvalue weighted by atomic mass is 9.97. The molecular formula is C40H24N4S. The third-order valence-electron chi connectivity index (χ3n) is 7.97. The van der Waals surface area contributed by atoms with Crippen molar-refractivity contribution in [2.24, 2.45) is 0 Å². The Morgan fingerprint density at radius 1 is 0.400 bits per heavy atom. The molecule has 0 fully saturated rings. The molecule has 5 heteroatoms. The molecule has 4 nitrogen and oxygen atoms in total. The topological polar surface area (TPSA) is 62.5 Å². The van der Waals surface area contributed by atoms with Gasteiger partial charge >= 0.3 is 0 Å². The summed E-state index contributed by atoms with van der Waals surface area (Å²) in [7, 11) is 0. The maximum absolute atomic E-state index is 9.18. The van der Waals surface area contributed by atoms with E-state index < -0.39 is 0 Å². The number of rotatable bonds is 5. The van der Waals surface area contributed by atoms with E-state index in [2.05, 4.69) is 66.7 Å². The monoisotopic (exact) mass is 592 g/mol. The molecule has 0 aliphatic rings. The van der Waals surface area contributed by atoms with Crippen molar-refractivity contribution < 1.29 is 0 Å². The largest absolute Gasteiger partial charge is 0.208 e. The Hall–Kier alpha value is -5.96. The first-order valence-corrected chi connectivity index (χ1v) is 15.5. The fourth-order valence-corrected chi connectivity index (χ4v) is 6.72. The molecule has 0 amide bonds. The van der Waals surface area contributed by atoms with Gasteiger partial charge in [0.2, 0.25) is 0 Å². The number of thiophene rings is 1. The first-order valence-electron chi connectivity index (χ1n) is 14.7. The molecule has 8 rings (SSSR count). The second kappa shape index (κ2) is 11.3. The maximum Gasteiger partial charge on any atom is 0.164 e. The first kappa shape index (κ1) is 26.7. The van der Waals surface area contributed by atoms with Crippen LogP contribution in [0.4, 0.5) is 0 Å². The number of nitriles is 1. The highest BCUT2D eigenvalue weighted by Crippen LogP contribution is 2.39. The van der Waals surface area contributed by atoms with E-state index in [-0.39, 0.29) is 0 Å². The van der Waals surface area contributed by atoms with Gasteiger partial charge < -0.3 is 0 Å². The Kier molecular flexibility index (Phi) is 6.68. The van der Waals surface area contributed by atoms with Gasteiger partial charge in [0.05, 0.1) is 11.6 Å². The van der Waals surface area contributed by atoms with Gasteiger partial charge in [-0.2, -0.15) is 5.26 Å². The molecule has 0 aliphatic carbocycles. The third-order valence-corrected chi connectivity index (χ3v) is 9.12. The van der Waals surface area contributed by atoms with Gasteiger partial charge in [-0.1, -0.05) is 97.1 Å². The molecular weight excluding hydrogens is 569 g/mol. The Morgan fingerprint density at radius 2 is 0.844 bits per heavy atom. The summed E-state index contributed by atoms with van der Waals surface area (Å²) in [5, 5.41) is 11.6. The van der Waals surface area contributed by atoms with Gasteiger partial charge in [-0.3, -0.25) is 0 Å². The van der Waals surface area contributed by atoms with Crippen LogP contribution in [0.5, 0.6) is 0 Å². The van der Waals surface area contributed by atoms with Crippen LogP contribution in [0.1, 0.15) is 5.56 Å². The Morgan fingerprint density at radius 3 is 1.42 bits per heavy atom. The van der Waals surface area contributed by atoms with Gasteiger partial charge in [-0.15, -0.1) is 11.3 Å². The summed E-state index contributed by atoms with van der Waals surface area (Å²) in [5.74, 6) is 1.95. The Labute approximate surface area is 264 Å². The van der Waals surface area contributed by atoms with Crippen LogP contribution >= 0.6 is 11.3 Å². The SMILES string of the molecule is N#Cc1ccc(-c2cccc(-c3ccc4sc5ccc(-c6nc(-c7ccccc7)nc(-c7ccccc7)n6)cc5c4c3)c2)cc1. The molecule has 2 aromatic heterocycles. The van der Waals surface area contributed by atoms with Crippen LogP contribution in [-0.2, 0) is 0 Å². The molecule has 0 atom stereocenters. The van der Waals surface area contributed by atoms with E-state index in [1.54, 1.807) is 11.3 Å². The van der Waals surface area contributed by atoms with Gasteiger partial charge in [0, 0.05) is 36.9 Å². The Balaban J connectivity index is 1.23. The first-order chi connectivity index (χ1) is 22.2. The predicted octanol–water partition coefficient (Wildman–Crippen LogP) is 10.4. The molecule has 0 saturated carbocycles. The van der Waals surface area contributed by atoms with E-state index in [0.29, 0.717) is 23.0 Å². The van der Waals surface area contributed by atoms with E-state index in [1.807, 2.05) is 84.9 Å². The molecule has 0 spiro atoms. The maximum atomic E-state index is 9.18. The number of hydrogen-bond acceptors (Lipinski definition) is 5. The van der Waals surface area contributed by atoms with Crippen LogP contribution < -0.4 is 0 Å². The quantitative estimate of drug-likeness (QED) is 0.199. The molecule has 0 radical (unpaired) electrons. The number of hydrogen-bond donors (Lipinski definition) is 0. The lowest BCUT2D eigenvalue weighted by molar-refractivity contribution is 1.07. The van der Waals surface area contributed by atoms with Crippen LogP contribution in [0.15, 0.2) is 146 Å². The summed E-state index contributed by atoms with van der Waals surface area (Å²) in [5.41, 5.74) is 8.02. The Bertz CT molecular complexity index is 2310. The van der Waals surface area contributed by atoms with Gasteiger partial charge in [0.15, 0.2) is 17.5 Å². The molecule has 0 aliphatic heterocycles. The van der Waals surface area contributed by atoms with Crippen molar-refractivity contribution in [3.05, 3.63) is 151 Å². The summed E-state index contributed by atoms with van der Waals surface area (Å²) in [6, 6.07) is 51.8. The van der Waals surface area contributed by atoms with Crippen molar-refractivity contribution in [1.82, 2.24) is 15.0 Å². The van der Waals surface area contributed by atoms with Crippen molar-refractivity contribution in [3.63, 3.8) is 0 Å². The van der Waals surface area contributed by atoms with Crippen molar-refractivity contribution >= 4 is 31.5 Å². The van der Waals surface area contributed by atoms with Crippen LogP contribution in [0.25, 0.3) is 76.6 Å². The number of aromatic nitrogens is 3. The molecule has 45 heavy (non-hydrogen) atoms. The highest BCUT2D eigenvalue weighted by molar-refractivity contribution is 7.25. The number of fused-ring (bicyclic) bond motifs is 3. The number of benzene rings is 6. The second-order valence-electron chi connectivity index (χ2n) is 10.8. The third kappa shape index (κ3) is 5.14. The summed E-state index contributed by atoms with van der Waals surface area (Å²) in [6.07, 6.45) is 0. The molecule has 6 aromatic carbocycles. The average molecular weight is 593 g/mol. The molecule has 2 heterocycles. The fourth-order valence-electron chi connectivity index (χ4n) is 5.65. The van der Waals surface area contributed by atoms with E-state index in [9.17, 15) is 5.26 Å². The molecule has 210 valence electrons. The fraction of sp³-hybridized carbons (Fsp3) is 0. The number of nitrogens with zero attached hydrogens (tertiary/aromatic N) is 4. The minimum atomic E-state index is 0.648. The van der Waals surface area contributed by atoms with Gasteiger partial charge in [-0.25, -0.2) is 15.0 Å². The molecule has 0 unspecified atom stereocenters. The normalized spacial score (nSPS) is 11.1. The van der Waals surface area contributed by atoms with Crippen molar-refractivity contribution in [2.75, 3.05) is 0 Å². The lowest BCUT2D eigenvalue weighted by Gasteiger charge is -2.09. The van der Waals surface area contributed by atoms with Crippen molar-refractivity contribution in [1.29, 1.82) is 5.26 Å². The van der Waals surface area contributed by atoms with E-state index in [4.69, 9.17) is 15.0 Å². The zero-order valence-electron chi connectivity index (χ0n) is 24.1.